The third-order valence-electron chi connectivity index (χ3n) is 7.91. The number of benzene rings is 1. The monoisotopic (exact) mass is 723 g/mol. The summed E-state index contributed by atoms with van der Waals surface area (Å²) in [5.41, 5.74) is 3.65. The molecule has 14 nitrogen and oxygen atoms in total. The molecule has 0 aliphatic carbocycles. The van der Waals surface area contributed by atoms with Crippen LogP contribution in [0.3, 0.4) is 0 Å². The molecular weight excluding hydrogens is 693 g/mol. The van der Waals surface area contributed by atoms with Gasteiger partial charge in [0.15, 0.2) is 33.9 Å². The van der Waals surface area contributed by atoms with Crippen LogP contribution >= 0.6 is 23.2 Å². The van der Waals surface area contributed by atoms with Crippen LogP contribution in [-0.2, 0) is 19.6 Å². The molecule has 1 aromatic carbocycles. The lowest BCUT2D eigenvalue weighted by Crippen LogP contribution is -2.23. The van der Waals surface area contributed by atoms with Gasteiger partial charge in [-0.15, -0.1) is 0 Å². The molecule has 7 heterocycles. The first-order valence-corrected chi connectivity index (χ1v) is 17.0. The van der Waals surface area contributed by atoms with E-state index in [2.05, 4.69) is 52.1 Å². The number of nitrogens with one attached hydrogen (secondary N) is 2. The van der Waals surface area contributed by atoms with E-state index in [0.717, 1.165) is 29.5 Å². The number of hydrogen-bond donors (Lipinski definition) is 2. The van der Waals surface area contributed by atoms with Crippen molar-refractivity contribution in [3.8, 4) is 34.4 Å². The number of fused-ring (bicyclic) bond motifs is 2. The fourth-order valence-corrected chi connectivity index (χ4v) is 5.87. The molecule has 0 saturated carbocycles. The van der Waals surface area contributed by atoms with Gasteiger partial charge in [0.2, 0.25) is 5.28 Å². The highest BCUT2D eigenvalue weighted by Gasteiger charge is 2.19. The number of halogens is 2. The van der Waals surface area contributed by atoms with E-state index in [9.17, 15) is 9.59 Å². The second kappa shape index (κ2) is 14.5. The molecule has 16 heteroatoms. The number of imidazole rings is 2. The molecule has 0 aliphatic rings. The van der Waals surface area contributed by atoms with Gasteiger partial charge in [-0.1, -0.05) is 55.8 Å². The molecule has 8 aromatic rings. The van der Waals surface area contributed by atoms with Gasteiger partial charge in [0.1, 0.15) is 16.8 Å². The van der Waals surface area contributed by atoms with Crippen LogP contribution in [0.25, 0.3) is 56.7 Å². The van der Waals surface area contributed by atoms with Crippen molar-refractivity contribution in [3.05, 3.63) is 116 Å². The highest BCUT2D eigenvalue weighted by molar-refractivity contribution is 6.29. The molecule has 258 valence electrons. The Hall–Kier alpha value is -5.86. The molecule has 2 N–H and O–H groups in total. The molecular formula is C35H31Cl2N11O3. The zero-order chi connectivity index (χ0) is 35.5. The molecule has 0 aliphatic heterocycles. The molecule has 0 atom stereocenters. The lowest BCUT2D eigenvalue weighted by atomic mass is 10.2. The summed E-state index contributed by atoms with van der Waals surface area (Å²) in [6.45, 7) is 5.69. The van der Waals surface area contributed by atoms with E-state index in [1.54, 1.807) is 47.5 Å². The van der Waals surface area contributed by atoms with Gasteiger partial charge in [-0.25, -0.2) is 19.9 Å². The fraction of sp³-hybridized carbons (Fsp3) is 0.200. The number of aromatic amines is 2. The van der Waals surface area contributed by atoms with E-state index >= 15 is 0 Å². The minimum Gasteiger partial charge on any atom is -0.461 e. The Morgan fingerprint density at radius 2 is 1.43 bits per heavy atom. The van der Waals surface area contributed by atoms with Gasteiger partial charge in [-0.3, -0.25) is 23.4 Å². The first kappa shape index (κ1) is 33.6. The van der Waals surface area contributed by atoms with Crippen molar-refractivity contribution in [3.63, 3.8) is 0 Å². The molecule has 0 spiro atoms. The highest BCUT2D eigenvalue weighted by Crippen LogP contribution is 2.23. The van der Waals surface area contributed by atoms with Crippen LogP contribution in [0.1, 0.15) is 32.3 Å². The first-order valence-electron chi connectivity index (χ1n) is 16.2. The summed E-state index contributed by atoms with van der Waals surface area (Å²) >= 11 is 11.8. The summed E-state index contributed by atoms with van der Waals surface area (Å²) < 4.78 is 10.4. The average Bonchev–Trinajstić information content (AvgIpc) is 3.96. The summed E-state index contributed by atoms with van der Waals surface area (Å²) in [6, 6.07) is 17.1. The maximum atomic E-state index is 13.1. The van der Waals surface area contributed by atoms with Crippen molar-refractivity contribution in [1.82, 2.24) is 53.8 Å². The Morgan fingerprint density at radius 1 is 0.745 bits per heavy atom. The van der Waals surface area contributed by atoms with Crippen LogP contribution < -0.4 is 11.1 Å². The van der Waals surface area contributed by atoms with Gasteiger partial charge in [-0.05, 0) is 54.3 Å². The number of pyridine rings is 1. The van der Waals surface area contributed by atoms with Crippen molar-refractivity contribution < 1.29 is 4.42 Å². The summed E-state index contributed by atoms with van der Waals surface area (Å²) in [7, 11) is 0. The number of rotatable bonds is 9. The van der Waals surface area contributed by atoms with Crippen molar-refractivity contribution in [1.29, 1.82) is 0 Å². The van der Waals surface area contributed by atoms with Crippen LogP contribution in [0.5, 0.6) is 0 Å². The third-order valence-corrected chi connectivity index (χ3v) is 8.42. The second-order valence-corrected chi connectivity index (χ2v) is 12.3. The van der Waals surface area contributed by atoms with Crippen LogP contribution in [-0.4, -0.2) is 53.8 Å². The topological polar surface area (TPSA) is 171 Å². The minimum atomic E-state index is -0.229. The Balaban J connectivity index is 0.000000170. The van der Waals surface area contributed by atoms with Gasteiger partial charge in [0.25, 0.3) is 11.1 Å². The van der Waals surface area contributed by atoms with Crippen LogP contribution in [0.2, 0.25) is 10.4 Å². The SMILES string of the molecule is CCCn1c(-c2ccco2)nc2nc(-c3cnn(Cc4ccccc4)c3)[nH]c2c1=O.CCCn1c(Cl)nc2nc(-c3ccc(Cl)nc3)[nH]c2c1=O. The largest absolute Gasteiger partial charge is 0.461 e. The lowest BCUT2D eigenvalue weighted by Gasteiger charge is -2.08. The molecule has 0 bridgehead atoms. The second-order valence-electron chi connectivity index (χ2n) is 11.6. The van der Waals surface area contributed by atoms with Gasteiger partial charge in [0, 0.05) is 31.0 Å². The lowest BCUT2D eigenvalue weighted by molar-refractivity contribution is 0.560. The molecule has 0 saturated heterocycles. The van der Waals surface area contributed by atoms with Crippen molar-refractivity contribution in [2.45, 2.75) is 46.3 Å². The van der Waals surface area contributed by atoms with E-state index in [1.807, 2.05) is 42.9 Å². The quantitative estimate of drug-likeness (QED) is 0.123. The van der Waals surface area contributed by atoms with Gasteiger partial charge >= 0.3 is 0 Å². The maximum Gasteiger partial charge on any atom is 0.280 e. The molecule has 0 radical (unpaired) electrons. The zero-order valence-electron chi connectivity index (χ0n) is 27.5. The van der Waals surface area contributed by atoms with Crippen molar-refractivity contribution in [2.24, 2.45) is 0 Å². The Morgan fingerprint density at radius 3 is 2.10 bits per heavy atom. The predicted octanol–water partition coefficient (Wildman–Crippen LogP) is 6.60. The summed E-state index contributed by atoms with van der Waals surface area (Å²) in [5.74, 6) is 2.09. The molecule has 0 fully saturated rings. The molecule has 8 rings (SSSR count). The van der Waals surface area contributed by atoms with Crippen LogP contribution in [0, 0.1) is 0 Å². The normalized spacial score (nSPS) is 11.3. The molecule has 0 unspecified atom stereocenters. The Kier molecular flexibility index (Phi) is 9.59. The number of H-pyrrole nitrogens is 2. The van der Waals surface area contributed by atoms with E-state index in [-0.39, 0.29) is 16.4 Å². The van der Waals surface area contributed by atoms with Crippen LogP contribution in [0.4, 0.5) is 0 Å². The van der Waals surface area contributed by atoms with Gasteiger partial charge in [-0.2, -0.15) is 10.1 Å². The summed E-state index contributed by atoms with van der Waals surface area (Å²) in [6.07, 6.45) is 8.37. The third kappa shape index (κ3) is 6.96. The first-order chi connectivity index (χ1) is 24.8. The number of hydrogen-bond acceptors (Lipinski definition) is 9. The minimum absolute atomic E-state index is 0.140. The average molecular weight is 725 g/mol. The molecule has 51 heavy (non-hydrogen) atoms. The van der Waals surface area contributed by atoms with Crippen molar-refractivity contribution >= 4 is 45.5 Å². The van der Waals surface area contributed by atoms with Gasteiger partial charge < -0.3 is 14.4 Å². The zero-order valence-corrected chi connectivity index (χ0v) is 29.1. The summed E-state index contributed by atoms with van der Waals surface area (Å²) in [4.78, 5) is 53.2. The number of nitrogens with zero attached hydrogens (tertiary/aromatic N) is 9. The van der Waals surface area contributed by atoms with E-state index in [1.165, 1.54) is 4.57 Å². The smallest absolute Gasteiger partial charge is 0.280 e. The standard InChI is InChI=1S/C22H20N6O2.C13H11Cl2N5O/c1-2-10-28-21(17-9-6-11-30-17)26-20-18(22(28)29)24-19(25-20)16-12-23-27(14-16)13-15-7-4-3-5-8-15;1-2-5-20-12(21)9-11(19-13(20)15)18-10(17-9)7-3-4-8(14)16-6-7/h3-9,11-12,14H,2,10,13H2,1H3,(H,24,25);3-4,6H,2,5H2,1H3,(H,17,18). The van der Waals surface area contributed by atoms with E-state index in [0.29, 0.717) is 70.3 Å². The Bertz CT molecular complexity index is 2550. The maximum absolute atomic E-state index is 13.1. The molecule has 7 aromatic heterocycles. The number of aromatic nitrogens is 11. The van der Waals surface area contributed by atoms with E-state index < -0.39 is 0 Å². The highest BCUT2D eigenvalue weighted by atomic mass is 35.5. The summed E-state index contributed by atoms with van der Waals surface area (Å²) in [5, 5.41) is 4.95. The number of furan rings is 1. The van der Waals surface area contributed by atoms with Crippen molar-refractivity contribution in [2.75, 3.05) is 0 Å². The fourth-order valence-electron chi connectivity index (χ4n) is 5.52. The predicted molar refractivity (Wildman–Crippen MR) is 195 cm³/mol. The van der Waals surface area contributed by atoms with Gasteiger partial charge in [0.05, 0.1) is 24.6 Å². The van der Waals surface area contributed by atoms with Crippen LogP contribution in [0.15, 0.2) is 93.5 Å². The molecule has 0 amide bonds. The Labute approximate surface area is 299 Å². The van der Waals surface area contributed by atoms with E-state index in [4.69, 9.17) is 27.6 Å².